The Morgan fingerprint density at radius 3 is 2.72 bits per heavy atom. The van der Waals surface area contributed by atoms with Crippen molar-refractivity contribution in [1.29, 1.82) is 0 Å². The Morgan fingerprint density at radius 1 is 1.40 bits per heavy atom. The predicted octanol–water partition coefficient (Wildman–Crippen LogP) is 2.74. The van der Waals surface area contributed by atoms with Gasteiger partial charge in [-0.05, 0) is 25.1 Å². The number of anilines is 1. The molecule has 1 aromatic rings. The third kappa shape index (κ3) is 5.38. The van der Waals surface area contributed by atoms with Gasteiger partial charge in [0.25, 0.3) is 11.1 Å². The van der Waals surface area contributed by atoms with Crippen molar-refractivity contribution in [3.63, 3.8) is 0 Å². The molecule has 2 amide bonds. The molecule has 0 aromatic heterocycles. The monoisotopic (exact) mass is 376 g/mol. The van der Waals surface area contributed by atoms with Crippen molar-refractivity contribution in [2.45, 2.75) is 19.2 Å². The maximum Gasteiger partial charge on any atom is 0.416 e. The normalized spacial score (nSPS) is 15.8. The fraction of sp³-hybridized carbons (Fsp3) is 0.400. The highest BCUT2D eigenvalue weighted by Crippen LogP contribution is 2.30. The summed E-state index contributed by atoms with van der Waals surface area (Å²) < 4.78 is 42.9. The number of carbonyl (C=O) groups is 3. The van der Waals surface area contributed by atoms with Crippen molar-refractivity contribution in [3.05, 3.63) is 29.8 Å². The zero-order valence-electron chi connectivity index (χ0n) is 13.1. The van der Waals surface area contributed by atoms with Crippen LogP contribution in [0.4, 0.5) is 23.7 Å². The molecule has 0 unspecified atom stereocenters. The summed E-state index contributed by atoms with van der Waals surface area (Å²) in [7, 11) is 0. The van der Waals surface area contributed by atoms with Crippen molar-refractivity contribution in [1.82, 2.24) is 4.90 Å². The van der Waals surface area contributed by atoms with E-state index in [2.05, 4.69) is 5.32 Å². The first-order chi connectivity index (χ1) is 11.7. The molecule has 25 heavy (non-hydrogen) atoms. The molecule has 1 heterocycles. The smallest absolute Gasteiger partial charge is 0.416 e. The van der Waals surface area contributed by atoms with Gasteiger partial charge in [0.15, 0.2) is 6.10 Å². The molecule has 1 atom stereocenters. The molecule has 0 bridgehead atoms. The number of alkyl halides is 3. The van der Waals surface area contributed by atoms with E-state index in [9.17, 15) is 27.6 Å². The number of carbonyl (C=O) groups excluding carboxylic acids is 3. The van der Waals surface area contributed by atoms with Crippen LogP contribution in [0.5, 0.6) is 0 Å². The second kappa shape index (κ2) is 7.77. The van der Waals surface area contributed by atoms with Gasteiger partial charge >= 0.3 is 12.1 Å². The van der Waals surface area contributed by atoms with E-state index in [-0.39, 0.29) is 17.5 Å². The topological polar surface area (TPSA) is 75.7 Å². The number of rotatable bonds is 5. The summed E-state index contributed by atoms with van der Waals surface area (Å²) in [5.74, 6) is -0.949. The van der Waals surface area contributed by atoms with Crippen molar-refractivity contribution < 1.29 is 32.3 Å². The number of hydrogen-bond acceptors (Lipinski definition) is 5. The third-order valence-electron chi connectivity index (χ3n) is 3.30. The fourth-order valence-electron chi connectivity index (χ4n) is 2.03. The number of amides is 2. The molecular weight excluding hydrogens is 361 g/mol. The number of nitrogens with zero attached hydrogens (tertiary/aromatic N) is 1. The molecule has 1 aliphatic rings. The SMILES string of the molecule is C[C@@H](OC(=O)CN1CCSC1=O)C(=O)Nc1cccc(C(F)(F)F)c1. The maximum atomic E-state index is 12.6. The highest BCUT2D eigenvalue weighted by atomic mass is 32.2. The van der Waals surface area contributed by atoms with E-state index in [4.69, 9.17) is 4.74 Å². The minimum atomic E-state index is -4.53. The van der Waals surface area contributed by atoms with E-state index >= 15 is 0 Å². The van der Waals surface area contributed by atoms with Crippen LogP contribution in [0.25, 0.3) is 0 Å². The van der Waals surface area contributed by atoms with E-state index in [1.165, 1.54) is 17.9 Å². The van der Waals surface area contributed by atoms with Crippen molar-refractivity contribution in [2.75, 3.05) is 24.2 Å². The van der Waals surface area contributed by atoms with Gasteiger partial charge in [-0.2, -0.15) is 13.2 Å². The lowest BCUT2D eigenvalue weighted by molar-refractivity contribution is -0.153. The van der Waals surface area contributed by atoms with E-state index in [0.29, 0.717) is 12.3 Å². The van der Waals surface area contributed by atoms with Crippen LogP contribution in [-0.2, 0) is 20.5 Å². The summed E-state index contributed by atoms with van der Waals surface area (Å²) in [5, 5.41) is 2.02. The lowest BCUT2D eigenvalue weighted by Gasteiger charge is -2.17. The van der Waals surface area contributed by atoms with Gasteiger partial charge in [-0.15, -0.1) is 0 Å². The summed E-state index contributed by atoms with van der Waals surface area (Å²) in [4.78, 5) is 36.4. The van der Waals surface area contributed by atoms with Crippen LogP contribution < -0.4 is 5.32 Å². The molecule has 0 radical (unpaired) electrons. The summed E-state index contributed by atoms with van der Waals surface area (Å²) in [6.07, 6.45) is -5.74. The van der Waals surface area contributed by atoms with E-state index in [0.717, 1.165) is 30.0 Å². The van der Waals surface area contributed by atoms with E-state index < -0.39 is 29.7 Å². The molecule has 2 rings (SSSR count). The van der Waals surface area contributed by atoms with Crippen LogP contribution >= 0.6 is 11.8 Å². The van der Waals surface area contributed by atoms with Gasteiger partial charge in [0.2, 0.25) is 0 Å². The first-order valence-electron chi connectivity index (χ1n) is 7.26. The van der Waals surface area contributed by atoms with Crippen molar-refractivity contribution >= 4 is 34.6 Å². The molecular formula is C15H15F3N2O4S. The number of nitrogens with one attached hydrogen (secondary N) is 1. The average Bonchev–Trinajstić information content (AvgIpc) is 2.91. The number of benzene rings is 1. The minimum absolute atomic E-state index is 0.0613. The van der Waals surface area contributed by atoms with Gasteiger partial charge in [0, 0.05) is 18.0 Å². The van der Waals surface area contributed by atoms with Crippen molar-refractivity contribution in [2.24, 2.45) is 0 Å². The second-order valence-corrected chi connectivity index (χ2v) is 6.28. The number of esters is 1. The van der Waals surface area contributed by atoms with Gasteiger partial charge in [0.1, 0.15) is 6.54 Å². The van der Waals surface area contributed by atoms with Gasteiger partial charge in [-0.1, -0.05) is 17.8 Å². The minimum Gasteiger partial charge on any atom is -0.451 e. The summed E-state index contributed by atoms with van der Waals surface area (Å²) >= 11 is 1.09. The maximum absolute atomic E-state index is 12.6. The van der Waals surface area contributed by atoms with Crippen LogP contribution in [0.1, 0.15) is 12.5 Å². The number of hydrogen-bond donors (Lipinski definition) is 1. The predicted molar refractivity (Wildman–Crippen MR) is 85.1 cm³/mol. The first kappa shape index (κ1) is 19.1. The van der Waals surface area contributed by atoms with E-state index in [1.54, 1.807) is 0 Å². The lowest BCUT2D eigenvalue weighted by Crippen LogP contribution is -2.36. The average molecular weight is 376 g/mol. The number of ether oxygens (including phenoxy) is 1. The zero-order chi connectivity index (χ0) is 18.6. The number of thioether (sulfide) groups is 1. The first-order valence-corrected chi connectivity index (χ1v) is 8.24. The Morgan fingerprint density at radius 2 is 2.12 bits per heavy atom. The Labute approximate surface area is 145 Å². The second-order valence-electron chi connectivity index (χ2n) is 5.24. The zero-order valence-corrected chi connectivity index (χ0v) is 13.9. The van der Waals surface area contributed by atoms with Gasteiger partial charge in [0.05, 0.1) is 5.56 Å². The Bertz CT molecular complexity index is 681. The lowest BCUT2D eigenvalue weighted by atomic mass is 10.2. The van der Waals surface area contributed by atoms with E-state index in [1.807, 2.05) is 0 Å². The third-order valence-corrected chi connectivity index (χ3v) is 4.19. The summed E-state index contributed by atoms with van der Waals surface area (Å²) in [6.45, 7) is 1.44. The van der Waals surface area contributed by atoms with Crippen LogP contribution in [0, 0.1) is 0 Å². The molecule has 10 heteroatoms. The molecule has 0 spiro atoms. The fourth-order valence-corrected chi connectivity index (χ4v) is 2.85. The molecule has 1 fully saturated rings. The Hall–Kier alpha value is -2.23. The van der Waals surface area contributed by atoms with Crippen LogP contribution in [0.2, 0.25) is 0 Å². The van der Waals surface area contributed by atoms with Crippen LogP contribution in [0.15, 0.2) is 24.3 Å². The molecule has 1 aromatic carbocycles. The quantitative estimate of drug-likeness (QED) is 0.800. The highest BCUT2D eigenvalue weighted by molar-refractivity contribution is 8.13. The van der Waals surface area contributed by atoms with Gasteiger partial charge in [-0.3, -0.25) is 14.4 Å². The summed E-state index contributed by atoms with van der Waals surface area (Å²) in [6, 6.07) is 4.12. The van der Waals surface area contributed by atoms with Crippen LogP contribution in [0.3, 0.4) is 0 Å². The molecule has 0 saturated carbocycles. The van der Waals surface area contributed by atoms with Crippen LogP contribution in [-0.4, -0.2) is 47.0 Å². The molecule has 1 saturated heterocycles. The molecule has 1 N–H and O–H groups in total. The highest BCUT2D eigenvalue weighted by Gasteiger charge is 2.31. The number of halogens is 3. The molecule has 136 valence electrons. The molecule has 6 nitrogen and oxygen atoms in total. The van der Waals surface area contributed by atoms with Gasteiger partial charge in [-0.25, -0.2) is 0 Å². The largest absolute Gasteiger partial charge is 0.451 e. The molecule has 1 aliphatic heterocycles. The standard InChI is InChI=1S/C15H15F3N2O4S/c1-9(24-12(21)8-20-5-6-25-14(20)23)13(22)19-11-4-2-3-10(7-11)15(16,17)18/h2-4,7,9H,5-6,8H2,1H3,(H,19,22)/t9-/m1/s1. The van der Waals surface area contributed by atoms with Crippen molar-refractivity contribution in [3.8, 4) is 0 Å². The Balaban J connectivity index is 1.89. The Kier molecular flexibility index (Phi) is 5.93. The summed E-state index contributed by atoms with van der Waals surface area (Å²) in [5.41, 5.74) is -0.964. The molecule has 0 aliphatic carbocycles. The van der Waals surface area contributed by atoms with Gasteiger partial charge < -0.3 is 15.0 Å².